The lowest BCUT2D eigenvalue weighted by molar-refractivity contribution is -0.122. The van der Waals surface area contributed by atoms with Crippen LogP contribution in [0.15, 0.2) is 42.5 Å². The van der Waals surface area contributed by atoms with Crippen LogP contribution in [0.25, 0.3) is 10.8 Å². The van der Waals surface area contributed by atoms with E-state index in [-0.39, 0.29) is 11.9 Å². The van der Waals surface area contributed by atoms with Gasteiger partial charge in [-0.05, 0) is 48.3 Å². The number of benzene rings is 2. The SMILES string of the molecule is O=C1NC(=O)N(CN2CCCCC2)C1c1ccc2ccccc2c1. The van der Waals surface area contributed by atoms with Crippen LogP contribution in [0.5, 0.6) is 0 Å². The number of likely N-dealkylation sites (tertiary alicyclic amines) is 1. The molecular formula is C19H21N3O2. The summed E-state index contributed by atoms with van der Waals surface area (Å²) < 4.78 is 0. The van der Waals surface area contributed by atoms with E-state index in [0.29, 0.717) is 6.67 Å². The molecule has 3 amide bonds. The first-order chi connectivity index (χ1) is 11.7. The number of carbonyl (C=O) groups excluding carboxylic acids is 2. The molecule has 0 aromatic heterocycles. The standard InChI is InChI=1S/C19H21N3O2/c23-18-17(16-9-8-14-6-2-3-7-15(14)12-16)22(19(24)20-18)13-21-10-4-1-5-11-21/h2-3,6-9,12,17H,1,4-5,10-11,13H2,(H,20,23,24). The van der Waals surface area contributed by atoms with E-state index < -0.39 is 6.04 Å². The molecule has 0 saturated carbocycles. The summed E-state index contributed by atoms with van der Waals surface area (Å²) in [5.74, 6) is -0.229. The predicted octanol–water partition coefficient (Wildman–Crippen LogP) is 2.88. The molecule has 0 spiro atoms. The molecule has 0 aliphatic carbocycles. The number of hydrogen-bond donors (Lipinski definition) is 1. The molecular weight excluding hydrogens is 302 g/mol. The summed E-state index contributed by atoms with van der Waals surface area (Å²) in [7, 11) is 0. The topological polar surface area (TPSA) is 52.7 Å². The molecule has 4 rings (SSSR count). The fourth-order valence-electron chi connectivity index (χ4n) is 3.68. The van der Waals surface area contributed by atoms with Gasteiger partial charge in [0.15, 0.2) is 0 Å². The number of hydrogen-bond acceptors (Lipinski definition) is 3. The van der Waals surface area contributed by atoms with Crippen LogP contribution in [-0.2, 0) is 4.79 Å². The molecule has 2 aromatic rings. The van der Waals surface area contributed by atoms with E-state index in [1.165, 1.54) is 6.42 Å². The molecule has 124 valence electrons. The number of rotatable bonds is 3. The highest BCUT2D eigenvalue weighted by molar-refractivity contribution is 6.05. The lowest BCUT2D eigenvalue weighted by Gasteiger charge is -2.32. The Morgan fingerprint density at radius 1 is 0.958 bits per heavy atom. The second kappa shape index (κ2) is 6.24. The second-order valence-electron chi connectivity index (χ2n) is 6.59. The second-order valence-corrected chi connectivity index (χ2v) is 6.59. The summed E-state index contributed by atoms with van der Waals surface area (Å²) in [6, 6.07) is 13.2. The molecule has 1 unspecified atom stereocenters. The molecule has 1 N–H and O–H groups in total. The zero-order valence-electron chi connectivity index (χ0n) is 13.6. The Kier molecular flexibility index (Phi) is 3.94. The Morgan fingerprint density at radius 2 is 1.71 bits per heavy atom. The lowest BCUT2D eigenvalue weighted by atomic mass is 10.0. The zero-order valence-corrected chi connectivity index (χ0v) is 13.6. The average molecular weight is 323 g/mol. The van der Waals surface area contributed by atoms with Gasteiger partial charge in [-0.25, -0.2) is 4.79 Å². The van der Waals surface area contributed by atoms with Crippen LogP contribution in [0.4, 0.5) is 4.79 Å². The van der Waals surface area contributed by atoms with Crippen LogP contribution in [0.3, 0.4) is 0 Å². The van der Waals surface area contributed by atoms with Gasteiger partial charge in [-0.15, -0.1) is 0 Å². The van der Waals surface area contributed by atoms with E-state index >= 15 is 0 Å². The predicted molar refractivity (Wildman–Crippen MR) is 92.4 cm³/mol. The number of nitrogens with one attached hydrogen (secondary N) is 1. The van der Waals surface area contributed by atoms with Gasteiger partial charge in [0.25, 0.3) is 5.91 Å². The Balaban J connectivity index is 1.64. The maximum Gasteiger partial charge on any atom is 0.326 e. The first kappa shape index (κ1) is 15.1. The van der Waals surface area contributed by atoms with E-state index in [1.807, 2.05) is 42.5 Å². The summed E-state index contributed by atoms with van der Waals surface area (Å²) in [6.07, 6.45) is 3.56. The van der Waals surface area contributed by atoms with Crippen LogP contribution in [-0.4, -0.2) is 41.5 Å². The summed E-state index contributed by atoms with van der Waals surface area (Å²) in [4.78, 5) is 28.6. The molecule has 5 heteroatoms. The van der Waals surface area contributed by atoms with Crippen molar-refractivity contribution in [2.45, 2.75) is 25.3 Å². The Morgan fingerprint density at radius 3 is 2.50 bits per heavy atom. The molecule has 2 saturated heterocycles. The minimum Gasteiger partial charge on any atom is -0.295 e. The van der Waals surface area contributed by atoms with E-state index in [0.717, 1.165) is 42.3 Å². The van der Waals surface area contributed by atoms with Gasteiger partial charge in [-0.2, -0.15) is 0 Å². The van der Waals surface area contributed by atoms with Crippen molar-refractivity contribution in [3.63, 3.8) is 0 Å². The molecule has 5 nitrogen and oxygen atoms in total. The maximum atomic E-state index is 12.4. The molecule has 1 atom stereocenters. The van der Waals surface area contributed by atoms with Gasteiger partial charge in [0.1, 0.15) is 6.04 Å². The Bertz CT molecular complexity index is 783. The maximum absolute atomic E-state index is 12.4. The zero-order chi connectivity index (χ0) is 16.5. The third kappa shape index (κ3) is 2.76. The summed E-state index contributed by atoms with van der Waals surface area (Å²) in [5.41, 5.74) is 0.869. The van der Waals surface area contributed by atoms with Gasteiger partial charge in [-0.1, -0.05) is 42.8 Å². The molecule has 2 aromatic carbocycles. The van der Waals surface area contributed by atoms with E-state index in [4.69, 9.17) is 0 Å². The minimum absolute atomic E-state index is 0.229. The average Bonchev–Trinajstić information content (AvgIpc) is 2.89. The van der Waals surface area contributed by atoms with Gasteiger partial charge in [0, 0.05) is 0 Å². The van der Waals surface area contributed by atoms with Gasteiger partial charge >= 0.3 is 6.03 Å². The van der Waals surface area contributed by atoms with E-state index in [2.05, 4.69) is 10.2 Å². The van der Waals surface area contributed by atoms with Gasteiger partial charge < -0.3 is 0 Å². The van der Waals surface area contributed by atoms with E-state index in [1.54, 1.807) is 4.90 Å². The first-order valence-electron chi connectivity index (χ1n) is 8.55. The lowest BCUT2D eigenvalue weighted by Crippen LogP contribution is -2.43. The highest BCUT2D eigenvalue weighted by Crippen LogP contribution is 2.29. The van der Waals surface area contributed by atoms with Crippen LogP contribution < -0.4 is 5.32 Å². The molecule has 2 heterocycles. The van der Waals surface area contributed by atoms with Crippen LogP contribution >= 0.6 is 0 Å². The number of nitrogens with zero attached hydrogens (tertiary/aromatic N) is 2. The highest BCUT2D eigenvalue weighted by atomic mass is 16.2. The normalized spacial score (nSPS) is 22.2. The monoisotopic (exact) mass is 323 g/mol. The van der Waals surface area contributed by atoms with Crippen molar-refractivity contribution in [3.8, 4) is 0 Å². The van der Waals surface area contributed by atoms with Crippen molar-refractivity contribution in [3.05, 3.63) is 48.0 Å². The minimum atomic E-state index is -0.538. The molecule has 0 radical (unpaired) electrons. The van der Waals surface area contributed by atoms with Crippen molar-refractivity contribution in [2.75, 3.05) is 19.8 Å². The molecule has 2 aliphatic heterocycles. The number of carbonyl (C=O) groups is 2. The largest absolute Gasteiger partial charge is 0.326 e. The third-order valence-electron chi connectivity index (χ3n) is 4.94. The number of fused-ring (bicyclic) bond motifs is 1. The number of imide groups is 1. The van der Waals surface area contributed by atoms with Gasteiger partial charge in [-0.3, -0.25) is 19.9 Å². The van der Waals surface area contributed by atoms with Crippen molar-refractivity contribution >= 4 is 22.7 Å². The van der Waals surface area contributed by atoms with Crippen molar-refractivity contribution in [1.82, 2.24) is 15.1 Å². The van der Waals surface area contributed by atoms with Crippen molar-refractivity contribution < 1.29 is 9.59 Å². The number of urea groups is 1. The van der Waals surface area contributed by atoms with E-state index in [9.17, 15) is 9.59 Å². The molecule has 2 fully saturated rings. The summed E-state index contributed by atoms with van der Waals surface area (Å²) >= 11 is 0. The quantitative estimate of drug-likeness (QED) is 0.884. The van der Waals surface area contributed by atoms with Crippen LogP contribution in [0.2, 0.25) is 0 Å². The summed E-state index contributed by atoms with van der Waals surface area (Å²) in [5, 5.41) is 4.69. The smallest absolute Gasteiger partial charge is 0.295 e. The van der Waals surface area contributed by atoms with Gasteiger partial charge in [0.05, 0.1) is 6.67 Å². The number of amides is 3. The fourth-order valence-corrected chi connectivity index (χ4v) is 3.68. The Hall–Kier alpha value is -2.40. The van der Waals surface area contributed by atoms with Crippen molar-refractivity contribution in [1.29, 1.82) is 0 Å². The van der Waals surface area contributed by atoms with Gasteiger partial charge in [0.2, 0.25) is 0 Å². The highest BCUT2D eigenvalue weighted by Gasteiger charge is 2.40. The molecule has 0 bridgehead atoms. The van der Waals surface area contributed by atoms with Crippen LogP contribution in [0, 0.1) is 0 Å². The summed E-state index contributed by atoms with van der Waals surface area (Å²) in [6.45, 7) is 2.49. The molecule has 24 heavy (non-hydrogen) atoms. The fraction of sp³-hybridized carbons (Fsp3) is 0.368. The Labute approximate surface area is 141 Å². The number of piperidine rings is 1. The first-order valence-corrected chi connectivity index (χ1v) is 8.55. The van der Waals surface area contributed by atoms with Crippen molar-refractivity contribution in [2.24, 2.45) is 0 Å². The molecule has 2 aliphatic rings. The van der Waals surface area contributed by atoms with Crippen LogP contribution in [0.1, 0.15) is 30.9 Å². The third-order valence-corrected chi connectivity index (χ3v) is 4.94.